The van der Waals surface area contributed by atoms with Crippen molar-refractivity contribution in [3.05, 3.63) is 71.8 Å². The number of carbonyl (C=O) groups excluding carboxylic acids is 5. The van der Waals surface area contributed by atoms with E-state index in [9.17, 15) is 38.7 Å². The summed E-state index contributed by atoms with van der Waals surface area (Å²) in [5, 5.41) is 30.6. The van der Waals surface area contributed by atoms with Gasteiger partial charge in [0.25, 0.3) is 0 Å². The minimum Gasteiger partial charge on any atom is -0.481 e. The molecule has 5 unspecified atom stereocenters. The smallest absolute Gasteiger partial charge is 0.327 e. The number of rotatable bonds is 20. The van der Waals surface area contributed by atoms with Gasteiger partial charge in [-0.05, 0) is 17.5 Å². The molecule has 0 radical (unpaired) electrons. The number of nitrogens with one attached hydrogen (secondary N) is 5. The van der Waals surface area contributed by atoms with E-state index in [1.165, 1.54) is 0 Å². The third-order valence-electron chi connectivity index (χ3n) is 6.97. The quantitative estimate of drug-likeness (QED) is 0.0781. The van der Waals surface area contributed by atoms with Gasteiger partial charge in [-0.15, -0.1) is 0 Å². The van der Waals surface area contributed by atoms with E-state index in [0.717, 1.165) is 5.56 Å². The fourth-order valence-electron chi connectivity index (χ4n) is 4.43. The van der Waals surface area contributed by atoms with Crippen molar-refractivity contribution in [1.82, 2.24) is 26.6 Å². The largest absolute Gasteiger partial charge is 0.481 e. The van der Waals surface area contributed by atoms with Gasteiger partial charge in [-0.3, -0.25) is 28.8 Å². The minimum atomic E-state index is -1.67. The van der Waals surface area contributed by atoms with E-state index in [2.05, 4.69) is 39.2 Å². The molecule has 16 heteroatoms. The van der Waals surface area contributed by atoms with Gasteiger partial charge in [0, 0.05) is 31.6 Å². The molecule has 0 saturated heterocycles. The van der Waals surface area contributed by atoms with Gasteiger partial charge >= 0.3 is 11.9 Å². The van der Waals surface area contributed by atoms with Crippen LogP contribution in [-0.2, 0) is 46.4 Å². The predicted octanol–water partition coefficient (Wildman–Crippen LogP) is -0.856. The Labute approximate surface area is 283 Å². The lowest BCUT2D eigenvalue weighted by Gasteiger charge is -2.24. The lowest BCUT2D eigenvalue weighted by Crippen LogP contribution is -2.58. The second-order valence-corrected chi connectivity index (χ2v) is 11.3. The molecule has 48 heavy (non-hydrogen) atoms. The van der Waals surface area contributed by atoms with Crippen molar-refractivity contribution in [1.29, 1.82) is 0 Å². The summed E-state index contributed by atoms with van der Waals surface area (Å²) in [6.45, 7) is 1.36. The number of nitrogens with two attached hydrogens (primary N) is 1. The van der Waals surface area contributed by atoms with E-state index in [1.54, 1.807) is 42.5 Å². The Balaban J connectivity index is 2.17. The molecule has 15 nitrogen and oxygen atoms in total. The van der Waals surface area contributed by atoms with Crippen LogP contribution in [0.5, 0.6) is 0 Å². The average Bonchev–Trinajstić information content (AvgIpc) is 3.05. The summed E-state index contributed by atoms with van der Waals surface area (Å²) in [7, 11) is 0. The van der Waals surface area contributed by atoms with E-state index in [-0.39, 0.29) is 30.9 Å². The second kappa shape index (κ2) is 20.3. The summed E-state index contributed by atoms with van der Waals surface area (Å²) < 4.78 is 0. The molecule has 260 valence electrons. The Bertz CT molecular complexity index is 1410. The van der Waals surface area contributed by atoms with Gasteiger partial charge < -0.3 is 42.5 Å². The zero-order chi connectivity index (χ0) is 35.6. The molecular weight excluding hydrogens is 644 g/mol. The summed E-state index contributed by atoms with van der Waals surface area (Å²) in [5.74, 6) is -6.87. The van der Waals surface area contributed by atoms with Crippen LogP contribution in [0, 0.1) is 0 Å². The van der Waals surface area contributed by atoms with Gasteiger partial charge in [0.05, 0.1) is 6.42 Å². The highest BCUT2D eigenvalue weighted by Crippen LogP contribution is 2.08. The number of hydrogen-bond donors (Lipinski definition) is 9. The molecule has 0 fully saturated rings. The van der Waals surface area contributed by atoms with Crippen LogP contribution in [0.25, 0.3) is 0 Å². The molecule has 0 spiro atoms. The molecule has 2 aromatic carbocycles. The zero-order valence-electron chi connectivity index (χ0n) is 26.4. The Kier molecular flexibility index (Phi) is 16.6. The molecule has 5 atom stereocenters. The molecule has 2 aromatic rings. The molecule has 0 heterocycles. The topological polar surface area (TPSA) is 246 Å². The average molecular weight is 687 g/mol. The van der Waals surface area contributed by atoms with Crippen LogP contribution in [0.4, 0.5) is 0 Å². The molecule has 0 aromatic heterocycles. The van der Waals surface area contributed by atoms with Crippen LogP contribution in [-0.4, -0.2) is 94.2 Å². The predicted molar refractivity (Wildman–Crippen MR) is 178 cm³/mol. The molecule has 5 amide bonds. The van der Waals surface area contributed by atoms with Crippen LogP contribution in [0.2, 0.25) is 0 Å². The van der Waals surface area contributed by atoms with E-state index < -0.39 is 78.7 Å². The third-order valence-corrected chi connectivity index (χ3v) is 7.33. The van der Waals surface area contributed by atoms with Gasteiger partial charge in [0.1, 0.15) is 30.2 Å². The van der Waals surface area contributed by atoms with E-state index in [4.69, 9.17) is 10.8 Å². The molecule has 0 aliphatic heterocycles. The molecular formula is C32H42N6O9S. The Morgan fingerprint density at radius 2 is 1.17 bits per heavy atom. The first kappa shape index (κ1) is 39.2. The summed E-state index contributed by atoms with van der Waals surface area (Å²) in [6.07, 6.45) is 0.117. The second-order valence-electron chi connectivity index (χ2n) is 10.9. The first-order valence-corrected chi connectivity index (χ1v) is 15.8. The molecule has 0 bridgehead atoms. The van der Waals surface area contributed by atoms with Crippen molar-refractivity contribution < 1.29 is 43.8 Å². The highest BCUT2D eigenvalue weighted by molar-refractivity contribution is 7.80. The lowest BCUT2D eigenvalue weighted by molar-refractivity contribution is -0.143. The SMILES string of the molecule is CCCC(=O)NC(Cc1ccccc1)C(=O)NC(Cc1ccccc1)C(=O)NCC(N)C(=O)NC(CC(=O)O)C(=O)NC(CS)C(=O)O. The maximum Gasteiger partial charge on any atom is 0.327 e. The zero-order valence-corrected chi connectivity index (χ0v) is 27.3. The van der Waals surface area contributed by atoms with Gasteiger partial charge in [0.2, 0.25) is 29.5 Å². The van der Waals surface area contributed by atoms with Crippen LogP contribution in [0.15, 0.2) is 60.7 Å². The number of carboxylic acid groups (broad SMARTS) is 2. The monoisotopic (exact) mass is 686 g/mol. The summed E-state index contributed by atoms with van der Waals surface area (Å²) >= 11 is 3.84. The molecule has 0 saturated carbocycles. The third kappa shape index (κ3) is 13.8. The van der Waals surface area contributed by atoms with Crippen LogP contribution < -0.4 is 32.3 Å². The van der Waals surface area contributed by atoms with Crippen molar-refractivity contribution in [2.24, 2.45) is 5.73 Å². The number of thiol groups is 1. The number of carboxylic acids is 2. The first-order valence-electron chi connectivity index (χ1n) is 15.2. The highest BCUT2D eigenvalue weighted by atomic mass is 32.1. The number of aliphatic carboxylic acids is 2. The Morgan fingerprint density at radius 1 is 0.688 bits per heavy atom. The Hall–Kier alpha value is -4.96. The van der Waals surface area contributed by atoms with Gasteiger partial charge in [-0.1, -0.05) is 67.6 Å². The number of amides is 5. The standard InChI is InChI=1S/C32H42N6O9S/c1-2-9-26(39)35-23(15-20-12-7-4-8-13-20)30(44)37-22(14-19-10-5-3-6-11-19)29(43)34-17-21(33)28(42)36-24(16-27(40)41)31(45)38-25(18-48)32(46)47/h3-8,10-13,21-25,48H,2,9,14-18,33H2,1H3,(H,34,43)(H,35,39)(H,36,42)(H,37,44)(H,38,45)(H,40,41)(H,46,47). The molecule has 9 N–H and O–H groups in total. The molecule has 0 aliphatic carbocycles. The fraction of sp³-hybridized carbons (Fsp3) is 0.406. The van der Waals surface area contributed by atoms with Crippen molar-refractivity contribution in [3.63, 3.8) is 0 Å². The highest BCUT2D eigenvalue weighted by Gasteiger charge is 2.31. The van der Waals surface area contributed by atoms with Crippen molar-refractivity contribution >= 4 is 54.1 Å². The van der Waals surface area contributed by atoms with Gasteiger partial charge in [-0.25, -0.2) is 4.79 Å². The first-order chi connectivity index (χ1) is 22.8. The number of benzene rings is 2. The molecule has 2 rings (SSSR count). The van der Waals surface area contributed by atoms with Crippen molar-refractivity contribution in [2.75, 3.05) is 12.3 Å². The lowest BCUT2D eigenvalue weighted by atomic mass is 10.0. The van der Waals surface area contributed by atoms with Crippen LogP contribution in [0.1, 0.15) is 37.3 Å². The van der Waals surface area contributed by atoms with Gasteiger partial charge in [0.15, 0.2) is 0 Å². The molecule has 0 aliphatic rings. The Morgan fingerprint density at radius 3 is 1.65 bits per heavy atom. The summed E-state index contributed by atoms with van der Waals surface area (Å²) in [6, 6.07) is 11.1. The van der Waals surface area contributed by atoms with Crippen molar-refractivity contribution in [2.45, 2.75) is 69.2 Å². The minimum absolute atomic E-state index is 0.0531. The summed E-state index contributed by atoms with van der Waals surface area (Å²) in [5.41, 5.74) is 7.44. The van der Waals surface area contributed by atoms with Crippen molar-refractivity contribution in [3.8, 4) is 0 Å². The number of hydrogen-bond acceptors (Lipinski definition) is 9. The maximum absolute atomic E-state index is 13.5. The van der Waals surface area contributed by atoms with Crippen LogP contribution >= 0.6 is 12.6 Å². The maximum atomic E-state index is 13.5. The number of carbonyl (C=O) groups is 7. The van der Waals surface area contributed by atoms with Gasteiger partial charge in [-0.2, -0.15) is 12.6 Å². The van der Waals surface area contributed by atoms with E-state index in [1.807, 2.05) is 25.1 Å². The van der Waals surface area contributed by atoms with E-state index >= 15 is 0 Å². The van der Waals surface area contributed by atoms with Crippen LogP contribution in [0.3, 0.4) is 0 Å². The fourth-order valence-corrected chi connectivity index (χ4v) is 4.68. The normalized spacial score (nSPS) is 13.8. The summed E-state index contributed by atoms with van der Waals surface area (Å²) in [4.78, 5) is 87.3. The van der Waals surface area contributed by atoms with E-state index in [0.29, 0.717) is 12.0 Å².